The van der Waals surface area contributed by atoms with Crippen LogP contribution in [0.1, 0.15) is 13.8 Å². The predicted octanol–water partition coefficient (Wildman–Crippen LogP) is 1.21. The molecule has 2 heteroatoms. The molecule has 20 heavy (non-hydrogen) atoms. The van der Waals surface area contributed by atoms with Gasteiger partial charge >= 0.3 is 0 Å². The van der Waals surface area contributed by atoms with Crippen molar-refractivity contribution in [1.29, 1.82) is 0 Å². The van der Waals surface area contributed by atoms with Gasteiger partial charge in [-0.15, -0.1) is 0 Å². The highest BCUT2D eigenvalue weighted by Gasteiger charge is 2.37. The molecule has 0 aliphatic carbocycles. The average Bonchev–Trinajstić information content (AvgIpc) is 2.51. The zero-order valence-electron chi connectivity index (χ0n) is 12.3. The van der Waals surface area contributed by atoms with Crippen LogP contribution in [0.5, 0.6) is 0 Å². The second-order valence-corrected chi connectivity index (χ2v) is 5.99. The molecular weight excluding hydrogens is 244 g/mol. The molecule has 1 heterocycles. The van der Waals surface area contributed by atoms with Crippen LogP contribution in [-0.2, 0) is 0 Å². The first kappa shape index (κ1) is 13.3. The van der Waals surface area contributed by atoms with Crippen molar-refractivity contribution in [3.63, 3.8) is 0 Å². The number of rotatable bonds is 2. The third-order valence-electron chi connectivity index (χ3n) is 4.53. The molecule has 3 rings (SSSR count). The quantitative estimate of drug-likeness (QED) is 0.810. The van der Waals surface area contributed by atoms with Gasteiger partial charge in [-0.05, 0) is 38.1 Å². The molecule has 0 aromatic heterocycles. The van der Waals surface area contributed by atoms with Gasteiger partial charge in [-0.2, -0.15) is 0 Å². The molecule has 4 atom stereocenters. The summed E-state index contributed by atoms with van der Waals surface area (Å²) in [6, 6.07) is 23.1. The molecule has 1 aliphatic rings. The van der Waals surface area contributed by atoms with Crippen LogP contribution >= 0.6 is 0 Å². The third-order valence-corrected chi connectivity index (χ3v) is 4.53. The Bertz CT molecular complexity index is 486. The highest BCUT2D eigenvalue weighted by molar-refractivity contribution is 5.29. The van der Waals surface area contributed by atoms with Crippen LogP contribution in [0.15, 0.2) is 60.7 Å². The van der Waals surface area contributed by atoms with Crippen LogP contribution in [0, 0.1) is 0 Å². The predicted molar refractivity (Wildman–Crippen MR) is 82.8 cm³/mol. The summed E-state index contributed by atoms with van der Waals surface area (Å²) in [4.78, 5) is 3.25. The highest BCUT2D eigenvalue weighted by Crippen LogP contribution is 2.04. The fourth-order valence-electron chi connectivity index (χ4n) is 3.42. The number of benzene rings is 2. The van der Waals surface area contributed by atoms with Crippen molar-refractivity contribution in [2.75, 3.05) is 13.1 Å². The van der Waals surface area contributed by atoms with Gasteiger partial charge in [0, 0.05) is 0 Å². The SMILES string of the molecule is C[C@H]1C[NH+](c2ccccc2)[C@@H](C)C[NH+]1c1ccccc1. The summed E-state index contributed by atoms with van der Waals surface area (Å²) in [7, 11) is 0. The molecule has 2 unspecified atom stereocenters. The maximum atomic E-state index is 2.37. The number of nitrogens with one attached hydrogen (secondary N) is 2. The van der Waals surface area contributed by atoms with Gasteiger partial charge in [0.2, 0.25) is 0 Å². The van der Waals surface area contributed by atoms with Crippen molar-refractivity contribution < 1.29 is 9.80 Å². The Morgan fingerprint density at radius 2 is 1.00 bits per heavy atom. The minimum absolute atomic E-state index is 0.642. The van der Waals surface area contributed by atoms with Crippen LogP contribution in [0.25, 0.3) is 0 Å². The highest BCUT2D eigenvalue weighted by atomic mass is 15.3. The molecule has 104 valence electrons. The molecule has 1 aliphatic heterocycles. The van der Waals surface area contributed by atoms with Gasteiger partial charge in [0.1, 0.15) is 36.5 Å². The summed E-state index contributed by atoms with van der Waals surface area (Å²) in [5, 5.41) is 0. The average molecular weight is 268 g/mol. The first-order chi connectivity index (χ1) is 9.75. The van der Waals surface area contributed by atoms with E-state index in [2.05, 4.69) is 74.5 Å². The number of hydrogen-bond donors (Lipinski definition) is 2. The van der Waals surface area contributed by atoms with Gasteiger partial charge in [0.05, 0.1) is 0 Å². The maximum Gasteiger partial charge on any atom is 0.139 e. The lowest BCUT2D eigenvalue weighted by atomic mass is 10.1. The lowest BCUT2D eigenvalue weighted by Gasteiger charge is -2.38. The Morgan fingerprint density at radius 3 is 1.35 bits per heavy atom. The van der Waals surface area contributed by atoms with E-state index in [9.17, 15) is 0 Å². The van der Waals surface area contributed by atoms with E-state index in [-0.39, 0.29) is 0 Å². The van der Waals surface area contributed by atoms with Gasteiger partial charge in [-0.3, -0.25) is 9.80 Å². The molecule has 0 bridgehead atoms. The van der Waals surface area contributed by atoms with Crippen molar-refractivity contribution in [2.45, 2.75) is 25.9 Å². The molecule has 1 saturated heterocycles. The molecule has 2 nitrogen and oxygen atoms in total. The van der Waals surface area contributed by atoms with Gasteiger partial charge in [0.25, 0.3) is 0 Å². The van der Waals surface area contributed by atoms with Crippen molar-refractivity contribution in [3.05, 3.63) is 60.7 Å². The zero-order valence-corrected chi connectivity index (χ0v) is 12.3. The fraction of sp³-hybridized carbons (Fsp3) is 0.333. The summed E-state index contributed by atoms with van der Waals surface area (Å²) in [5.41, 5.74) is 2.86. The maximum absolute atomic E-state index is 2.37. The second-order valence-electron chi connectivity index (χ2n) is 5.99. The monoisotopic (exact) mass is 268 g/mol. The number of hydrogen-bond acceptors (Lipinski definition) is 0. The summed E-state index contributed by atoms with van der Waals surface area (Å²) < 4.78 is 0. The van der Waals surface area contributed by atoms with E-state index in [4.69, 9.17) is 0 Å². The molecular formula is C18H24N2+2. The van der Waals surface area contributed by atoms with E-state index in [0.29, 0.717) is 12.1 Å². The summed E-state index contributed by atoms with van der Waals surface area (Å²) >= 11 is 0. The topological polar surface area (TPSA) is 8.88 Å². The van der Waals surface area contributed by atoms with Gasteiger partial charge < -0.3 is 0 Å². The van der Waals surface area contributed by atoms with E-state index < -0.39 is 0 Å². The van der Waals surface area contributed by atoms with E-state index in [1.54, 1.807) is 9.80 Å². The standard InChI is InChI=1S/C18H22N2/c1-15-13-20(18-11-7-4-8-12-18)16(2)14-19(15)17-9-5-3-6-10-17/h3-12,15-16H,13-14H2,1-2H3/p+2/t15-,16-/m0/s1. The first-order valence-corrected chi connectivity index (χ1v) is 7.58. The molecule has 0 radical (unpaired) electrons. The number of piperazine rings is 1. The minimum atomic E-state index is 0.642. The molecule has 1 fully saturated rings. The first-order valence-electron chi connectivity index (χ1n) is 7.58. The summed E-state index contributed by atoms with van der Waals surface area (Å²) in [6.07, 6.45) is 0. The van der Waals surface area contributed by atoms with Crippen LogP contribution < -0.4 is 9.80 Å². The van der Waals surface area contributed by atoms with Crippen LogP contribution in [-0.4, -0.2) is 25.2 Å². The molecule has 2 N–H and O–H groups in total. The smallest absolute Gasteiger partial charge is 0.139 e. The van der Waals surface area contributed by atoms with E-state index in [0.717, 1.165) is 0 Å². The van der Waals surface area contributed by atoms with Crippen molar-refractivity contribution in [1.82, 2.24) is 0 Å². The van der Waals surface area contributed by atoms with Crippen molar-refractivity contribution in [3.8, 4) is 0 Å². The van der Waals surface area contributed by atoms with Gasteiger partial charge in [-0.25, -0.2) is 0 Å². The molecule has 0 spiro atoms. The molecule has 0 saturated carbocycles. The lowest BCUT2D eigenvalue weighted by Crippen LogP contribution is -3.28. The van der Waals surface area contributed by atoms with E-state index >= 15 is 0 Å². The normalized spacial score (nSPS) is 30.1. The molecule has 2 aromatic carbocycles. The summed E-state index contributed by atoms with van der Waals surface area (Å²) in [5.74, 6) is 0. The molecule has 0 amide bonds. The Balaban J connectivity index is 1.80. The number of quaternary nitrogens is 2. The molecule has 2 aromatic rings. The Hall–Kier alpha value is -1.64. The van der Waals surface area contributed by atoms with Crippen LogP contribution in [0.2, 0.25) is 0 Å². The zero-order chi connectivity index (χ0) is 13.9. The van der Waals surface area contributed by atoms with Crippen molar-refractivity contribution in [2.24, 2.45) is 0 Å². The Kier molecular flexibility index (Phi) is 3.86. The third kappa shape index (κ3) is 2.62. The fourth-order valence-corrected chi connectivity index (χ4v) is 3.42. The van der Waals surface area contributed by atoms with Gasteiger partial charge in [0.15, 0.2) is 0 Å². The van der Waals surface area contributed by atoms with E-state index in [1.165, 1.54) is 24.5 Å². The Morgan fingerprint density at radius 1 is 0.650 bits per heavy atom. The summed E-state index contributed by atoms with van der Waals surface area (Å²) in [6.45, 7) is 7.12. The second kappa shape index (κ2) is 5.78. The van der Waals surface area contributed by atoms with Crippen molar-refractivity contribution >= 4 is 11.4 Å². The minimum Gasteiger partial charge on any atom is -0.291 e. The van der Waals surface area contributed by atoms with Crippen LogP contribution in [0.3, 0.4) is 0 Å². The lowest BCUT2D eigenvalue weighted by molar-refractivity contribution is -0.986. The Labute approximate surface area is 121 Å². The van der Waals surface area contributed by atoms with Crippen LogP contribution in [0.4, 0.5) is 11.4 Å². The number of para-hydroxylation sites is 2. The van der Waals surface area contributed by atoms with Gasteiger partial charge in [-0.1, -0.05) is 36.4 Å². The largest absolute Gasteiger partial charge is 0.291 e. The van der Waals surface area contributed by atoms with E-state index in [1.807, 2.05) is 0 Å².